The summed E-state index contributed by atoms with van der Waals surface area (Å²) in [7, 11) is 0. The number of thiazole rings is 1. The van der Waals surface area contributed by atoms with E-state index in [1.165, 1.54) is 25.7 Å². The van der Waals surface area contributed by atoms with Crippen molar-refractivity contribution >= 4 is 22.3 Å². The van der Waals surface area contributed by atoms with Gasteiger partial charge in [-0.05, 0) is 12.8 Å². The number of nitrogens with zero attached hydrogens (tertiary/aromatic N) is 2. The highest BCUT2D eigenvalue weighted by Gasteiger charge is 2.12. The molecule has 0 amide bonds. The molecule has 1 aromatic heterocycles. The topological polar surface area (TPSA) is 42.1 Å². The van der Waals surface area contributed by atoms with Crippen LogP contribution in [0.15, 0.2) is 5.38 Å². The van der Waals surface area contributed by atoms with E-state index in [1.54, 1.807) is 11.3 Å². The summed E-state index contributed by atoms with van der Waals surface area (Å²) in [4.78, 5) is 6.65. The number of rotatable bonds is 1. The molecule has 1 saturated heterocycles. The Balaban J connectivity index is 2.06. The lowest BCUT2D eigenvalue weighted by Gasteiger charge is -2.18. The number of hydrogen-bond donors (Lipinski definition) is 1. The molecular weight excluding hydrogens is 182 g/mol. The summed E-state index contributed by atoms with van der Waals surface area (Å²) in [5, 5.41) is 3.01. The zero-order chi connectivity index (χ0) is 9.10. The number of hydrogen-bond acceptors (Lipinski definition) is 4. The second-order valence-corrected chi connectivity index (χ2v) is 4.29. The third-order valence-electron chi connectivity index (χ3n) is 2.39. The van der Waals surface area contributed by atoms with Gasteiger partial charge in [-0.3, -0.25) is 0 Å². The molecule has 0 unspecified atom stereocenters. The van der Waals surface area contributed by atoms with Crippen molar-refractivity contribution in [2.24, 2.45) is 0 Å². The molecule has 1 aromatic rings. The van der Waals surface area contributed by atoms with Gasteiger partial charge in [0.2, 0.25) is 0 Å². The van der Waals surface area contributed by atoms with E-state index in [1.807, 2.05) is 5.38 Å². The summed E-state index contributed by atoms with van der Waals surface area (Å²) in [6.45, 7) is 2.29. The maximum absolute atomic E-state index is 5.60. The van der Waals surface area contributed by atoms with Crippen LogP contribution in [-0.4, -0.2) is 18.1 Å². The molecule has 0 aliphatic carbocycles. The lowest BCUT2D eigenvalue weighted by molar-refractivity contribution is 0.726. The van der Waals surface area contributed by atoms with E-state index < -0.39 is 0 Å². The van der Waals surface area contributed by atoms with Crippen LogP contribution in [0.5, 0.6) is 0 Å². The third kappa shape index (κ3) is 2.12. The van der Waals surface area contributed by atoms with Crippen LogP contribution in [0.2, 0.25) is 0 Å². The minimum absolute atomic E-state index is 0.657. The predicted octanol–water partition coefficient (Wildman–Crippen LogP) is 2.11. The normalized spacial score (nSPS) is 18.6. The Kier molecular flexibility index (Phi) is 2.68. The molecule has 72 valence electrons. The first-order valence-electron chi connectivity index (χ1n) is 4.82. The SMILES string of the molecule is Nc1csc(N2CCCCCC2)n1. The number of anilines is 2. The quantitative estimate of drug-likeness (QED) is 0.749. The zero-order valence-corrected chi connectivity index (χ0v) is 8.52. The monoisotopic (exact) mass is 197 g/mol. The Morgan fingerprint density at radius 3 is 2.46 bits per heavy atom. The van der Waals surface area contributed by atoms with Gasteiger partial charge < -0.3 is 10.6 Å². The molecule has 0 bridgehead atoms. The van der Waals surface area contributed by atoms with Crippen LogP contribution in [-0.2, 0) is 0 Å². The molecule has 2 heterocycles. The Labute approximate surface area is 82.6 Å². The highest BCUT2D eigenvalue weighted by atomic mass is 32.1. The van der Waals surface area contributed by atoms with Crippen molar-refractivity contribution in [2.75, 3.05) is 23.7 Å². The average molecular weight is 197 g/mol. The summed E-state index contributed by atoms with van der Waals surface area (Å²) in [6, 6.07) is 0. The molecule has 0 atom stereocenters. The number of nitrogen functional groups attached to an aromatic ring is 1. The molecular formula is C9H15N3S. The van der Waals surface area contributed by atoms with Crippen LogP contribution in [0.1, 0.15) is 25.7 Å². The first-order valence-corrected chi connectivity index (χ1v) is 5.70. The zero-order valence-electron chi connectivity index (χ0n) is 7.70. The summed E-state index contributed by atoms with van der Waals surface area (Å²) >= 11 is 1.66. The van der Waals surface area contributed by atoms with E-state index in [0.29, 0.717) is 5.82 Å². The van der Waals surface area contributed by atoms with Crippen LogP contribution in [0, 0.1) is 0 Å². The summed E-state index contributed by atoms with van der Waals surface area (Å²) < 4.78 is 0. The molecule has 1 fully saturated rings. The largest absolute Gasteiger partial charge is 0.383 e. The lowest BCUT2D eigenvalue weighted by Crippen LogP contribution is -2.23. The molecule has 13 heavy (non-hydrogen) atoms. The standard InChI is InChI=1S/C9H15N3S/c10-8-7-13-9(11-8)12-5-3-1-2-4-6-12/h7H,1-6,10H2. The van der Waals surface area contributed by atoms with Gasteiger partial charge >= 0.3 is 0 Å². The highest BCUT2D eigenvalue weighted by Crippen LogP contribution is 2.24. The van der Waals surface area contributed by atoms with Crippen molar-refractivity contribution in [1.29, 1.82) is 0 Å². The van der Waals surface area contributed by atoms with Crippen molar-refractivity contribution in [1.82, 2.24) is 4.98 Å². The minimum Gasteiger partial charge on any atom is -0.383 e. The van der Waals surface area contributed by atoms with E-state index in [4.69, 9.17) is 5.73 Å². The first kappa shape index (κ1) is 8.81. The van der Waals surface area contributed by atoms with Gasteiger partial charge in [-0.1, -0.05) is 12.8 Å². The Morgan fingerprint density at radius 2 is 1.92 bits per heavy atom. The molecule has 0 saturated carbocycles. The molecule has 4 heteroatoms. The Bertz CT molecular complexity index is 264. The van der Waals surface area contributed by atoms with Crippen molar-refractivity contribution in [3.8, 4) is 0 Å². The van der Waals surface area contributed by atoms with E-state index in [-0.39, 0.29) is 0 Å². The minimum atomic E-state index is 0.657. The fourth-order valence-electron chi connectivity index (χ4n) is 1.68. The molecule has 2 N–H and O–H groups in total. The third-order valence-corrected chi connectivity index (χ3v) is 3.31. The second-order valence-electron chi connectivity index (χ2n) is 3.46. The van der Waals surface area contributed by atoms with E-state index in [9.17, 15) is 0 Å². The molecule has 0 aromatic carbocycles. The van der Waals surface area contributed by atoms with Gasteiger partial charge in [0, 0.05) is 18.5 Å². The second kappa shape index (κ2) is 3.96. The molecule has 0 spiro atoms. The smallest absolute Gasteiger partial charge is 0.187 e. The molecule has 1 aliphatic heterocycles. The van der Waals surface area contributed by atoms with Gasteiger partial charge in [0.15, 0.2) is 5.13 Å². The van der Waals surface area contributed by atoms with Gasteiger partial charge in [-0.2, -0.15) is 0 Å². The molecule has 1 aliphatic rings. The van der Waals surface area contributed by atoms with Crippen LogP contribution in [0.3, 0.4) is 0 Å². The Morgan fingerprint density at radius 1 is 1.23 bits per heavy atom. The summed E-state index contributed by atoms with van der Waals surface area (Å²) in [5.41, 5.74) is 5.60. The predicted molar refractivity (Wildman–Crippen MR) is 57.2 cm³/mol. The first-order chi connectivity index (χ1) is 6.36. The van der Waals surface area contributed by atoms with Crippen LogP contribution in [0.4, 0.5) is 10.9 Å². The van der Waals surface area contributed by atoms with Crippen LogP contribution in [0.25, 0.3) is 0 Å². The van der Waals surface area contributed by atoms with Gasteiger partial charge in [0.25, 0.3) is 0 Å². The van der Waals surface area contributed by atoms with Crippen molar-refractivity contribution < 1.29 is 0 Å². The summed E-state index contributed by atoms with van der Waals surface area (Å²) in [5.74, 6) is 0.657. The summed E-state index contributed by atoms with van der Waals surface area (Å²) in [6.07, 6.45) is 5.30. The van der Waals surface area contributed by atoms with E-state index in [0.717, 1.165) is 18.2 Å². The molecule has 0 radical (unpaired) electrons. The van der Waals surface area contributed by atoms with Crippen molar-refractivity contribution in [3.05, 3.63) is 5.38 Å². The number of aromatic nitrogens is 1. The lowest BCUT2D eigenvalue weighted by atomic mass is 10.2. The fourth-order valence-corrected chi connectivity index (χ4v) is 2.45. The Hall–Kier alpha value is -0.770. The highest BCUT2D eigenvalue weighted by molar-refractivity contribution is 7.14. The van der Waals surface area contributed by atoms with Crippen LogP contribution >= 0.6 is 11.3 Å². The van der Waals surface area contributed by atoms with E-state index >= 15 is 0 Å². The average Bonchev–Trinajstić information content (AvgIpc) is 2.43. The number of nitrogens with two attached hydrogens (primary N) is 1. The molecule has 3 nitrogen and oxygen atoms in total. The van der Waals surface area contributed by atoms with Gasteiger partial charge in [0.1, 0.15) is 5.82 Å². The molecule has 2 rings (SSSR count). The van der Waals surface area contributed by atoms with Crippen molar-refractivity contribution in [2.45, 2.75) is 25.7 Å². The van der Waals surface area contributed by atoms with E-state index in [2.05, 4.69) is 9.88 Å². The fraction of sp³-hybridized carbons (Fsp3) is 0.667. The maximum atomic E-state index is 5.60. The van der Waals surface area contributed by atoms with Crippen LogP contribution < -0.4 is 10.6 Å². The van der Waals surface area contributed by atoms with Gasteiger partial charge in [0.05, 0.1) is 0 Å². The van der Waals surface area contributed by atoms with Gasteiger partial charge in [-0.25, -0.2) is 4.98 Å². The van der Waals surface area contributed by atoms with Gasteiger partial charge in [-0.15, -0.1) is 11.3 Å². The maximum Gasteiger partial charge on any atom is 0.187 e. The van der Waals surface area contributed by atoms with Crippen molar-refractivity contribution in [3.63, 3.8) is 0 Å².